The van der Waals surface area contributed by atoms with Crippen LogP contribution in [0.15, 0.2) is 91.3 Å². The zero-order valence-electron chi connectivity index (χ0n) is 37.1. The van der Waals surface area contributed by atoms with Crippen molar-refractivity contribution >= 4 is 38.9 Å². The van der Waals surface area contributed by atoms with Gasteiger partial charge in [-0.15, -0.1) is 0 Å². The predicted molar refractivity (Wildman–Crippen MR) is 244 cm³/mol. The fourth-order valence-electron chi connectivity index (χ4n) is 8.11. The second kappa shape index (κ2) is 21.0. The van der Waals surface area contributed by atoms with Gasteiger partial charge in [-0.25, -0.2) is 18.1 Å². The van der Waals surface area contributed by atoms with Crippen LogP contribution in [0.25, 0.3) is 33.0 Å². The number of rotatable bonds is 11. The number of esters is 1. The molecule has 0 spiro atoms. The van der Waals surface area contributed by atoms with E-state index in [1.807, 2.05) is 85.9 Å². The maximum Gasteiger partial charge on any atom is 0.306 e. The highest BCUT2D eigenvalue weighted by molar-refractivity contribution is 6.00. The fraction of sp³-hybridized carbons (Fsp3) is 0.404. The monoisotopic (exact) mass is 856 g/mol. The maximum absolute atomic E-state index is 14.4. The molecule has 4 aromatic carbocycles. The van der Waals surface area contributed by atoms with Gasteiger partial charge in [0.25, 0.3) is 0 Å². The van der Waals surface area contributed by atoms with Gasteiger partial charge < -0.3 is 18.9 Å². The molecule has 330 valence electrons. The van der Waals surface area contributed by atoms with Gasteiger partial charge in [0.05, 0.1) is 30.0 Å². The Morgan fingerprint density at radius 2 is 1.37 bits per heavy atom. The first-order chi connectivity index (χ1) is 30.5. The Bertz CT molecular complexity index is 2560. The van der Waals surface area contributed by atoms with Crippen LogP contribution in [0, 0.1) is 23.5 Å². The number of carbonyl (C=O) groups is 1. The molecule has 0 aliphatic carbocycles. The Morgan fingerprint density at radius 3 is 1.94 bits per heavy atom. The van der Waals surface area contributed by atoms with Crippen LogP contribution in [-0.4, -0.2) is 51.0 Å². The number of halogens is 2. The van der Waals surface area contributed by atoms with Crippen LogP contribution in [0.1, 0.15) is 134 Å². The average Bonchev–Trinajstić information content (AvgIpc) is 3.91. The molecule has 0 amide bonds. The molecule has 2 atom stereocenters. The number of nitrogens with zero attached hydrogens (tertiary/aromatic N) is 4. The summed E-state index contributed by atoms with van der Waals surface area (Å²) in [5.74, 6) is 5.43. The largest absolute Gasteiger partial charge is 0.494 e. The lowest BCUT2D eigenvalue weighted by Gasteiger charge is -2.23. The van der Waals surface area contributed by atoms with E-state index in [0.29, 0.717) is 30.8 Å². The molecule has 4 heterocycles. The minimum Gasteiger partial charge on any atom is -0.494 e. The SMILES string of the molecule is CCC#Cc1ccc2c(cnn2C2CCCCO2)c1.CCC(=C(c1ccc(OCCCC(=O)OC(C)(C)C)cc1)c1ccc2c(cnn2C2CCCCO2)c1)c1cc(F)cc(F)c1. The van der Waals surface area contributed by atoms with Gasteiger partial charge in [0.1, 0.15) is 23.0 Å². The summed E-state index contributed by atoms with van der Waals surface area (Å²) in [7, 11) is 0. The van der Waals surface area contributed by atoms with Gasteiger partial charge in [0.2, 0.25) is 0 Å². The van der Waals surface area contributed by atoms with Gasteiger partial charge in [-0.05, 0) is 155 Å². The molecular weight excluding hydrogens is 799 g/mol. The Labute approximate surface area is 369 Å². The molecule has 6 aromatic rings. The molecule has 11 heteroatoms. The minimum absolute atomic E-state index is 0.0831. The number of allylic oxidation sites excluding steroid dienone is 1. The van der Waals surface area contributed by atoms with Crippen LogP contribution in [-0.2, 0) is 19.0 Å². The van der Waals surface area contributed by atoms with Gasteiger partial charge in [0.15, 0.2) is 12.5 Å². The second-order valence-corrected chi connectivity index (χ2v) is 17.0. The van der Waals surface area contributed by atoms with E-state index >= 15 is 0 Å². The third kappa shape index (κ3) is 11.8. The van der Waals surface area contributed by atoms with Crippen molar-refractivity contribution in [3.63, 3.8) is 0 Å². The number of carbonyl (C=O) groups excluding carboxylic acids is 1. The molecule has 63 heavy (non-hydrogen) atoms. The summed E-state index contributed by atoms with van der Waals surface area (Å²) in [5.41, 5.74) is 6.63. The molecule has 8 rings (SSSR count). The minimum atomic E-state index is -0.621. The van der Waals surface area contributed by atoms with E-state index in [9.17, 15) is 13.6 Å². The first-order valence-corrected chi connectivity index (χ1v) is 22.3. The van der Waals surface area contributed by atoms with Gasteiger partial charge >= 0.3 is 5.97 Å². The normalized spacial score (nSPS) is 17.0. The summed E-state index contributed by atoms with van der Waals surface area (Å²) in [6, 6.07) is 23.7. The van der Waals surface area contributed by atoms with Crippen LogP contribution >= 0.6 is 0 Å². The third-order valence-corrected chi connectivity index (χ3v) is 11.0. The lowest BCUT2D eigenvalue weighted by Crippen LogP contribution is -2.23. The highest BCUT2D eigenvalue weighted by Crippen LogP contribution is 2.37. The van der Waals surface area contributed by atoms with Gasteiger partial charge in [0, 0.05) is 48.5 Å². The zero-order valence-corrected chi connectivity index (χ0v) is 37.1. The number of aromatic nitrogens is 4. The Kier molecular flexibility index (Phi) is 15.1. The molecule has 2 fully saturated rings. The molecule has 0 bridgehead atoms. The highest BCUT2D eigenvalue weighted by atomic mass is 19.1. The summed E-state index contributed by atoms with van der Waals surface area (Å²) in [6.07, 6.45) is 12.5. The van der Waals surface area contributed by atoms with E-state index in [4.69, 9.17) is 18.9 Å². The lowest BCUT2D eigenvalue weighted by atomic mass is 9.87. The summed E-state index contributed by atoms with van der Waals surface area (Å²) in [5, 5.41) is 11.2. The summed E-state index contributed by atoms with van der Waals surface area (Å²) in [4.78, 5) is 12.0. The first kappa shape index (κ1) is 45.2. The Balaban J connectivity index is 0.000000259. The molecule has 2 saturated heterocycles. The topological polar surface area (TPSA) is 89.6 Å². The van der Waals surface area contributed by atoms with E-state index in [1.54, 1.807) is 0 Å². The molecule has 0 saturated carbocycles. The standard InChI is InChI=1S/C36H40F2N2O4.C16H18N2O/c1-5-31(26-20-28(37)22-29(38)21-26)35(24-11-14-30(15-12-24)42-18-8-10-34(41)44-36(2,3)4)25-13-16-32-27(19-25)23-39-40(32)33-9-6-7-17-43-33;1-2-3-6-13-8-9-15-14(11-13)12-17-18(15)16-7-4-5-10-19-16/h11-16,19-23,33H,5-10,17-18H2,1-4H3;8-9,11-12,16H,2,4-5,7,10H2,1H3. The molecule has 0 N–H and O–H groups in total. The van der Waals surface area contributed by atoms with Crippen LogP contribution < -0.4 is 4.74 Å². The predicted octanol–water partition coefficient (Wildman–Crippen LogP) is 12.4. The van der Waals surface area contributed by atoms with E-state index < -0.39 is 17.2 Å². The molecule has 0 radical (unpaired) electrons. The third-order valence-electron chi connectivity index (χ3n) is 11.0. The average molecular weight is 857 g/mol. The Morgan fingerprint density at radius 1 is 0.762 bits per heavy atom. The van der Waals surface area contributed by atoms with Crippen molar-refractivity contribution in [2.75, 3.05) is 19.8 Å². The number of benzene rings is 4. The second-order valence-electron chi connectivity index (χ2n) is 17.0. The van der Waals surface area contributed by atoms with E-state index in [1.165, 1.54) is 18.6 Å². The number of hydrogen-bond acceptors (Lipinski definition) is 7. The summed E-state index contributed by atoms with van der Waals surface area (Å²) < 4.78 is 55.7. The van der Waals surface area contributed by atoms with Crippen molar-refractivity contribution in [1.29, 1.82) is 0 Å². The van der Waals surface area contributed by atoms with Crippen molar-refractivity contribution in [3.8, 4) is 17.6 Å². The van der Waals surface area contributed by atoms with Gasteiger partial charge in [-0.1, -0.05) is 43.9 Å². The van der Waals surface area contributed by atoms with Gasteiger partial charge in [-0.3, -0.25) is 4.79 Å². The van der Waals surface area contributed by atoms with Crippen molar-refractivity contribution in [3.05, 3.63) is 125 Å². The van der Waals surface area contributed by atoms with Crippen LogP contribution in [0.3, 0.4) is 0 Å². The quantitative estimate of drug-likeness (QED) is 0.0555. The number of hydrogen-bond donors (Lipinski definition) is 0. The zero-order chi connectivity index (χ0) is 44.3. The molecule has 9 nitrogen and oxygen atoms in total. The van der Waals surface area contributed by atoms with Gasteiger partial charge in [-0.2, -0.15) is 10.2 Å². The fourth-order valence-corrected chi connectivity index (χ4v) is 8.11. The number of ether oxygens (including phenoxy) is 4. The lowest BCUT2D eigenvalue weighted by molar-refractivity contribution is -0.155. The van der Waals surface area contributed by atoms with Crippen LogP contribution in [0.4, 0.5) is 8.78 Å². The van der Waals surface area contributed by atoms with E-state index in [2.05, 4.69) is 53.2 Å². The van der Waals surface area contributed by atoms with E-state index in [0.717, 1.165) is 107 Å². The first-order valence-electron chi connectivity index (χ1n) is 22.3. The molecule has 2 aromatic heterocycles. The van der Waals surface area contributed by atoms with Crippen molar-refractivity contribution in [1.82, 2.24) is 19.6 Å². The van der Waals surface area contributed by atoms with Crippen LogP contribution in [0.2, 0.25) is 0 Å². The maximum atomic E-state index is 14.4. The molecule has 2 unspecified atom stereocenters. The number of fused-ring (bicyclic) bond motifs is 2. The summed E-state index contributed by atoms with van der Waals surface area (Å²) in [6.45, 7) is 11.5. The highest BCUT2D eigenvalue weighted by Gasteiger charge is 2.22. The smallest absolute Gasteiger partial charge is 0.306 e. The van der Waals surface area contributed by atoms with Crippen molar-refractivity contribution < 1.29 is 32.5 Å². The van der Waals surface area contributed by atoms with Crippen molar-refractivity contribution in [2.24, 2.45) is 0 Å². The molecule has 2 aliphatic heterocycles. The molecular formula is C52H58F2N4O5. The summed E-state index contributed by atoms with van der Waals surface area (Å²) >= 11 is 0. The Hall–Kier alpha value is -5.83. The van der Waals surface area contributed by atoms with Crippen molar-refractivity contribution in [2.45, 2.75) is 117 Å². The molecule has 2 aliphatic rings. The van der Waals surface area contributed by atoms with Crippen LogP contribution in [0.5, 0.6) is 5.75 Å². The van der Waals surface area contributed by atoms with E-state index in [-0.39, 0.29) is 24.8 Å².